The van der Waals surface area contributed by atoms with Crippen molar-refractivity contribution in [2.75, 3.05) is 6.54 Å². The third-order valence-corrected chi connectivity index (χ3v) is 4.29. The fourth-order valence-electron chi connectivity index (χ4n) is 2.60. The van der Waals surface area contributed by atoms with E-state index in [4.69, 9.17) is 16.7 Å². The number of benzene rings is 1. The molecule has 0 bridgehead atoms. The van der Waals surface area contributed by atoms with E-state index in [1.807, 2.05) is 25.1 Å². The molecule has 0 saturated heterocycles. The molecule has 1 aliphatic carbocycles. The minimum atomic E-state index is -0.857. The summed E-state index contributed by atoms with van der Waals surface area (Å²) in [6.45, 7) is 2.12. The van der Waals surface area contributed by atoms with Crippen LogP contribution in [0.5, 0.6) is 0 Å². The lowest BCUT2D eigenvalue weighted by molar-refractivity contribution is -0.142. The number of aliphatic carboxylic acids is 1. The fourth-order valence-corrected chi connectivity index (χ4v) is 2.79. The monoisotopic (exact) mass is 309 g/mol. The molecule has 2 N–H and O–H groups in total. The number of halogens is 1. The summed E-state index contributed by atoms with van der Waals surface area (Å²) in [7, 11) is 0. The van der Waals surface area contributed by atoms with Crippen LogP contribution in [0.2, 0.25) is 5.02 Å². The molecule has 0 heterocycles. The van der Waals surface area contributed by atoms with Gasteiger partial charge in [-0.25, -0.2) is 0 Å². The van der Waals surface area contributed by atoms with Crippen LogP contribution in [0.25, 0.3) is 0 Å². The quantitative estimate of drug-likeness (QED) is 0.813. The van der Waals surface area contributed by atoms with E-state index in [1.165, 1.54) is 0 Å². The second-order valence-corrected chi connectivity index (χ2v) is 6.06. The lowest BCUT2D eigenvalue weighted by Crippen LogP contribution is -2.39. The van der Waals surface area contributed by atoms with Gasteiger partial charge in [-0.1, -0.05) is 37.1 Å². The summed E-state index contributed by atoms with van der Waals surface area (Å²) in [4.78, 5) is 23.5. The van der Waals surface area contributed by atoms with Gasteiger partial charge in [0.25, 0.3) is 0 Å². The molecule has 0 aliphatic heterocycles. The maximum absolute atomic E-state index is 12.4. The second-order valence-electron chi connectivity index (χ2n) is 5.63. The van der Waals surface area contributed by atoms with Crippen LogP contribution in [-0.4, -0.2) is 23.5 Å². The van der Waals surface area contributed by atoms with Crippen LogP contribution in [0.4, 0.5) is 0 Å². The predicted octanol–water partition coefficient (Wildman–Crippen LogP) is 2.99. The van der Waals surface area contributed by atoms with Gasteiger partial charge in [-0.15, -0.1) is 0 Å². The number of carboxylic acids is 1. The van der Waals surface area contributed by atoms with Gasteiger partial charge in [0.2, 0.25) is 5.91 Å². The molecule has 1 aliphatic rings. The topological polar surface area (TPSA) is 66.4 Å². The molecule has 1 aromatic rings. The number of carbonyl (C=O) groups is 2. The standard InChI is InChI=1S/C16H20ClNO3/c1-2-4-11(14(19)20)10-18-15(21)16(7-8-16)12-5-3-6-13(17)9-12/h3,5-6,9,11H,2,4,7-8,10H2,1H3,(H,18,21)(H,19,20). The molecule has 114 valence electrons. The van der Waals surface area contributed by atoms with Gasteiger partial charge < -0.3 is 10.4 Å². The van der Waals surface area contributed by atoms with Gasteiger partial charge in [-0.05, 0) is 37.0 Å². The summed E-state index contributed by atoms with van der Waals surface area (Å²) in [5.74, 6) is -1.47. The maximum Gasteiger partial charge on any atom is 0.308 e. The third-order valence-electron chi connectivity index (χ3n) is 4.06. The first kappa shape index (κ1) is 15.8. The van der Waals surface area contributed by atoms with Gasteiger partial charge in [-0.3, -0.25) is 9.59 Å². The lowest BCUT2D eigenvalue weighted by Gasteiger charge is -2.18. The molecule has 1 atom stereocenters. The zero-order chi connectivity index (χ0) is 15.5. The lowest BCUT2D eigenvalue weighted by atomic mass is 9.94. The van der Waals surface area contributed by atoms with Crippen molar-refractivity contribution in [2.24, 2.45) is 5.92 Å². The number of carbonyl (C=O) groups excluding carboxylic acids is 1. The van der Waals surface area contributed by atoms with Crippen LogP contribution in [0.1, 0.15) is 38.2 Å². The highest BCUT2D eigenvalue weighted by molar-refractivity contribution is 6.30. The van der Waals surface area contributed by atoms with Crippen molar-refractivity contribution in [2.45, 2.75) is 38.0 Å². The number of carboxylic acid groups (broad SMARTS) is 1. The highest BCUT2D eigenvalue weighted by atomic mass is 35.5. The first-order valence-electron chi connectivity index (χ1n) is 7.27. The average Bonchev–Trinajstić information content (AvgIpc) is 3.24. The van der Waals surface area contributed by atoms with Gasteiger partial charge in [0, 0.05) is 11.6 Å². The Balaban J connectivity index is 2.01. The van der Waals surface area contributed by atoms with Crippen molar-refractivity contribution in [3.05, 3.63) is 34.9 Å². The highest BCUT2D eigenvalue weighted by Gasteiger charge is 2.51. The van der Waals surface area contributed by atoms with Crippen molar-refractivity contribution in [3.63, 3.8) is 0 Å². The number of hydrogen-bond donors (Lipinski definition) is 2. The summed E-state index contributed by atoms with van der Waals surface area (Å²) < 4.78 is 0. The van der Waals surface area contributed by atoms with Crippen LogP contribution >= 0.6 is 11.6 Å². The Bertz CT molecular complexity index is 540. The smallest absolute Gasteiger partial charge is 0.308 e. The summed E-state index contributed by atoms with van der Waals surface area (Å²) in [5, 5.41) is 12.5. The Kier molecular flexibility index (Phi) is 4.88. The molecular formula is C16H20ClNO3. The summed E-state index contributed by atoms with van der Waals surface area (Å²) in [5.41, 5.74) is 0.398. The van der Waals surface area contributed by atoms with Crippen molar-refractivity contribution < 1.29 is 14.7 Å². The molecule has 2 rings (SSSR count). The van der Waals surface area contributed by atoms with Crippen molar-refractivity contribution >= 4 is 23.5 Å². The zero-order valence-corrected chi connectivity index (χ0v) is 12.8. The minimum Gasteiger partial charge on any atom is -0.481 e. The molecule has 1 aromatic carbocycles. The van der Waals surface area contributed by atoms with E-state index in [0.29, 0.717) is 11.4 Å². The maximum atomic E-state index is 12.4. The molecule has 1 saturated carbocycles. The minimum absolute atomic E-state index is 0.0906. The Labute approximate surface area is 129 Å². The molecule has 4 nitrogen and oxygen atoms in total. The van der Waals surface area contributed by atoms with Crippen molar-refractivity contribution in [3.8, 4) is 0 Å². The molecule has 1 amide bonds. The van der Waals surface area contributed by atoms with E-state index in [2.05, 4.69) is 5.32 Å². The second kappa shape index (κ2) is 6.48. The molecule has 0 aromatic heterocycles. The number of hydrogen-bond acceptors (Lipinski definition) is 2. The third kappa shape index (κ3) is 3.56. The molecule has 21 heavy (non-hydrogen) atoms. The van der Waals surface area contributed by atoms with Gasteiger partial charge in [-0.2, -0.15) is 0 Å². The summed E-state index contributed by atoms with van der Waals surface area (Å²) in [6.07, 6.45) is 2.92. The van der Waals surface area contributed by atoms with E-state index >= 15 is 0 Å². The average molecular weight is 310 g/mol. The van der Waals surface area contributed by atoms with E-state index in [-0.39, 0.29) is 12.5 Å². The Morgan fingerprint density at radius 3 is 2.67 bits per heavy atom. The molecule has 0 spiro atoms. The normalized spacial score (nSPS) is 17.0. The first-order chi connectivity index (χ1) is 9.99. The van der Waals surface area contributed by atoms with Gasteiger partial charge in [0.1, 0.15) is 0 Å². The molecule has 1 unspecified atom stereocenters. The summed E-state index contributed by atoms with van der Waals surface area (Å²) in [6, 6.07) is 7.33. The van der Waals surface area contributed by atoms with E-state index in [0.717, 1.165) is 24.8 Å². The van der Waals surface area contributed by atoms with Crippen LogP contribution in [-0.2, 0) is 15.0 Å². The fraction of sp³-hybridized carbons (Fsp3) is 0.500. The number of nitrogens with one attached hydrogen (secondary N) is 1. The first-order valence-corrected chi connectivity index (χ1v) is 7.64. The Morgan fingerprint density at radius 2 is 2.14 bits per heavy atom. The number of rotatable bonds is 7. The van der Waals surface area contributed by atoms with Crippen LogP contribution in [0.15, 0.2) is 24.3 Å². The molecule has 5 heteroatoms. The van der Waals surface area contributed by atoms with Crippen LogP contribution < -0.4 is 5.32 Å². The Hall–Kier alpha value is -1.55. The van der Waals surface area contributed by atoms with Crippen molar-refractivity contribution in [1.29, 1.82) is 0 Å². The SMILES string of the molecule is CCCC(CNC(=O)C1(c2cccc(Cl)c2)CC1)C(=O)O. The van der Waals surface area contributed by atoms with Gasteiger partial charge >= 0.3 is 5.97 Å². The zero-order valence-electron chi connectivity index (χ0n) is 12.1. The highest BCUT2D eigenvalue weighted by Crippen LogP contribution is 2.48. The van der Waals surface area contributed by atoms with Crippen molar-refractivity contribution in [1.82, 2.24) is 5.32 Å². The van der Waals surface area contributed by atoms with E-state index in [1.54, 1.807) is 6.07 Å². The van der Waals surface area contributed by atoms with Gasteiger partial charge in [0.05, 0.1) is 11.3 Å². The Morgan fingerprint density at radius 1 is 1.43 bits per heavy atom. The molecule has 1 fully saturated rings. The molecular weight excluding hydrogens is 290 g/mol. The molecule has 0 radical (unpaired) electrons. The predicted molar refractivity (Wildman–Crippen MR) is 81.4 cm³/mol. The largest absolute Gasteiger partial charge is 0.481 e. The van der Waals surface area contributed by atoms with Crippen LogP contribution in [0, 0.1) is 5.92 Å². The van der Waals surface area contributed by atoms with Gasteiger partial charge in [0.15, 0.2) is 0 Å². The van der Waals surface area contributed by atoms with E-state index < -0.39 is 17.3 Å². The van der Waals surface area contributed by atoms with E-state index in [9.17, 15) is 9.59 Å². The number of amides is 1. The summed E-state index contributed by atoms with van der Waals surface area (Å²) >= 11 is 5.98. The van der Waals surface area contributed by atoms with Crippen LogP contribution in [0.3, 0.4) is 0 Å².